The molecule has 2 nitrogen and oxygen atoms in total. The molecule has 0 fully saturated rings. The maximum Gasteiger partial charge on any atom is 0.420 e. The van der Waals surface area contributed by atoms with E-state index >= 15 is 22.0 Å². The first-order valence-corrected chi connectivity index (χ1v) is 22.4. The number of rotatable bonds is 7. The summed E-state index contributed by atoms with van der Waals surface area (Å²) in [6, 6.07) is 64.4. The van der Waals surface area contributed by atoms with Crippen molar-refractivity contribution in [3.05, 3.63) is 241 Å². The molecule has 0 aliphatic rings. The molecule has 0 saturated heterocycles. The van der Waals surface area contributed by atoms with Crippen LogP contribution in [0.25, 0.3) is 111 Å². The van der Waals surface area contributed by atoms with Crippen molar-refractivity contribution in [3.63, 3.8) is 0 Å². The Hall–Kier alpha value is -8.62. The van der Waals surface area contributed by atoms with Crippen molar-refractivity contribution >= 4 is 43.6 Å². The van der Waals surface area contributed by atoms with Gasteiger partial charge in [-0.1, -0.05) is 170 Å². The summed E-state index contributed by atoms with van der Waals surface area (Å²) in [6.45, 7) is 0. The first kappa shape index (κ1) is 41.8. The molecule has 0 aliphatic heterocycles. The van der Waals surface area contributed by atoms with Gasteiger partial charge in [0.05, 0.1) is 39.0 Å². The molecule has 0 bridgehead atoms. The zero-order valence-electron chi connectivity index (χ0n) is 36.4. The summed E-state index contributed by atoms with van der Waals surface area (Å²) in [5.41, 5.74) is 5.44. The molecule has 0 aliphatic carbocycles. The van der Waals surface area contributed by atoms with Crippen molar-refractivity contribution in [2.24, 2.45) is 0 Å². The Balaban J connectivity index is 1.28. The van der Waals surface area contributed by atoms with Crippen LogP contribution < -0.4 is 0 Å². The highest BCUT2D eigenvalue weighted by Crippen LogP contribution is 2.48. The van der Waals surface area contributed by atoms with E-state index < -0.39 is 34.8 Å². The van der Waals surface area contributed by atoms with Crippen LogP contribution in [-0.4, -0.2) is 9.13 Å². The highest BCUT2D eigenvalue weighted by Gasteiger charge is 2.40. The van der Waals surface area contributed by atoms with Gasteiger partial charge in [0, 0.05) is 33.7 Å². The summed E-state index contributed by atoms with van der Waals surface area (Å²) < 4.78 is 102. The predicted octanol–water partition coefficient (Wildman–Crippen LogP) is 17.7. The molecule has 12 rings (SSSR count). The van der Waals surface area contributed by atoms with E-state index in [1.54, 1.807) is 9.13 Å². The standard InChI is InChI=1S/C61H36F6N2/c62-46-35-51(63)59(52(64)36-46)45-33-57(68-53-29-41(37-13-5-1-6-14-37)21-25-47(53)48-26-22-42(30-54(48)68)38-15-7-2-8-16-38)60(61(65,66)67)58(34-45)69-55-31-43(39-17-9-3-10-18-39)23-27-49(55)50-28-24-44(32-56(50)69)40-19-11-4-12-20-40/h1-36H. The van der Waals surface area contributed by atoms with Crippen LogP contribution in [0.3, 0.4) is 0 Å². The summed E-state index contributed by atoms with van der Waals surface area (Å²) >= 11 is 0. The van der Waals surface area contributed by atoms with Crippen LogP contribution in [0.4, 0.5) is 26.3 Å². The number of alkyl halides is 3. The van der Waals surface area contributed by atoms with Crippen LogP contribution in [0.1, 0.15) is 5.56 Å². The SMILES string of the molecule is Fc1cc(F)c(-c2cc(-n3c4cc(-c5ccccc5)ccc4c4ccc(-c5ccccc5)cc43)c(C(F)(F)F)c(-n3c4cc(-c5ccccc5)ccc4c4ccc(-c5ccccc5)cc43)c2)c(F)c1. The molecular weight excluding hydrogens is 875 g/mol. The minimum Gasteiger partial charge on any atom is -0.308 e. The summed E-state index contributed by atoms with van der Waals surface area (Å²) in [7, 11) is 0. The topological polar surface area (TPSA) is 9.86 Å². The second-order valence-corrected chi connectivity index (χ2v) is 17.2. The molecule has 0 atom stereocenters. The third-order valence-electron chi connectivity index (χ3n) is 13.1. The smallest absolute Gasteiger partial charge is 0.308 e. The fraction of sp³-hybridized carbons (Fsp3) is 0.0164. The van der Waals surface area contributed by atoms with Gasteiger partial charge in [0.25, 0.3) is 0 Å². The van der Waals surface area contributed by atoms with Gasteiger partial charge >= 0.3 is 6.18 Å². The lowest BCUT2D eigenvalue weighted by Gasteiger charge is -2.23. The second kappa shape index (κ2) is 16.3. The zero-order valence-corrected chi connectivity index (χ0v) is 36.4. The number of hydrogen-bond donors (Lipinski definition) is 0. The molecule has 12 aromatic rings. The molecule has 2 heterocycles. The highest BCUT2D eigenvalue weighted by molar-refractivity contribution is 6.13. The summed E-state index contributed by atoms with van der Waals surface area (Å²) in [6.07, 6.45) is -5.07. The Labute approximate surface area is 392 Å². The van der Waals surface area contributed by atoms with E-state index in [2.05, 4.69) is 0 Å². The first-order valence-electron chi connectivity index (χ1n) is 22.4. The molecule has 0 radical (unpaired) electrons. The quantitative estimate of drug-likeness (QED) is 0.141. The Bertz CT molecular complexity index is 3510. The van der Waals surface area contributed by atoms with E-state index in [0.29, 0.717) is 55.7 Å². The largest absolute Gasteiger partial charge is 0.420 e. The molecule has 69 heavy (non-hydrogen) atoms. The Morgan fingerprint density at radius 2 is 0.580 bits per heavy atom. The number of aromatic nitrogens is 2. The van der Waals surface area contributed by atoms with E-state index in [1.165, 1.54) is 12.1 Å². The van der Waals surface area contributed by atoms with E-state index in [4.69, 9.17) is 0 Å². The number of fused-ring (bicyclic) bond motifs is 6. The van der Waals surface area contributed by atoms with Gasteiger partial charge in [-0.25, -0.2) is 13.2 Å². The van der Waals surface area contributed by atoms with Crippen molar-refractivity contribution < 1.29 is 26.3 Å². The van der Waals surface area contributed by atoms with Crippen LogP contribution in [0.2, 0.25) is 0 Å². The van der Waals surface area contributed by atoms with Crippen LogP contribution >= 0.6 is 0 Å². The van der Waals surface area contributed by atoms with E-state index in [9.17, 15) is 4.39 Å². The van der Waals surface area contributed by atoms with Gasteiger partial charge < -0.3 is 9.13 Å². The van der Waals surface area contributed by atoms with Crippen molar-refractivity contribution in [2.75, 3.05) is 0 Å². The van der Waals surface area contributed by atoms with Gasteiger partial charge in [-0.05, 0) is 86.5 Å². The Kier molecular flexibility index (Phi) is 9.88. The molecule has 0 amide bonds. The Morgan fingerprint density at radius 3 is 0.855 bits per heavy atom. The lowest BCUT2D eigenvalue weighted by molar-refractivity contribution is -0.137. The molecule has 2 aromatic heterocycles. The van der Waals surface area contributed by atoms with Gasteiger partial charge in [0.1, 0.15) is 23.0 Å². The van der Waals surface area contributed by atoms with E-state index in [-0.39, 0.29) is 16.9 Å². The van der Waals surface area contributed by atoms with Crippen molar-refractivity contribution in [3.8, 4) is 67.0 Å². The molecule has 0 spiro atoms. The maximum absolute atomic E-state index is 17.0. The molecule has 0 unspecified atom stereocenters. The van der Waals surface area contributed by atoms with Gasteiger partial charge in [0.2, 0.25) is 0 Å². The summed E-state index contributed by atoms with van der Waals surface area (Å²) in [4.78, 5) is 0. The molecule has 332 valence electrons. The number of benzene rings is 10. The number of halogens is 6. The van der Waals surface area contributed by atoms with Gasteiger partial charge in [-0.2, -0.15) is 13.2 Å². The van der Waals surface area contributed by atoms with Gasteiger partial charge in [0.15, 0.2) is 0 Å². The second-order valence-electron chi connectivity index (χ2n) is 17.2. The fourth-order valence-corrected chi connectivity index (χ4v) is 10.0. The fourth-order valence-electron chi connectivity index (χ4n) is 10.0. The predicted molar refractivity (Wildman–Crippen MR) is 267 cm³/mol. The van der Waals surface area contributed by atoms with Crippen LogP contribution in [0, 0.1) is 17.5 Å². The minimum absolute atomic E-state index is 0.218. The molecule has 0 saturated carbocycles. The van der Waals surface area contributed by atoms with Crippen molar-refractivity contribution in [1.82, 2.24) is 9.13 Å². The van der Waals surface area contributed by atoms with E-state index in [0.717, 1.165) is 44.5 Å². The maximum atomic E-state index is 17.0. The average molecular weight is 911 g/mol. The van der Waals surface area contributed by atoms with Crippen LogP contribution in [0.15, 0.2) is 218 Å². The molecular formula is C61H36F6N2. The molecule has 10 aromatic carbocycles. The zero-order chi connectivity index (χ0) is 47.0. The monoisotopic (exact) mass is 910 g/mol. The van der Waals surface area contributed by atoms with E-state index in [1.807, 2.05) is 194 Å². The van der Waals surface area contributed by atoms with Crippen molar-refractivity contribution in [1.29, 1.82) is 0 Å². The van der Waals surface area contributed by atoms with Crippen molar-refractivity contribution in [2.45, 2.75) is 6.18 Å². The molecule has 8 heteroatoms. The average Bonchev–Trinajstić information content (AvgIpc) is 3.87. The lowest BCUT2D eigenvalue weighted by Crippen LogP contribution is -2.16. The van der Waals surface area contributed by atoms with Gasteiger partial charge in [-0.15, -0.1) is 0 Å². The minimum atomic E-state index is -5.07. The molecule has 0 N–H and O–H groups in total. The lowest BCUT2D eigenvalue weighted by atomic mass is 9.97. The third-order valence-corrected chi connectivity index (χ3v) is 13.1. The Morgan fingerprint density at radius 1 is 0.290 bits per heavy atom. The number of nitrogens with zero attached hydrogens (tertiary/aromatic N) is 2. The first-order chi connectivity index (χ1) is 33.6. The van der Waals surface area contributed by atoms with Crippen LogP contribution in [-0.2, 0) is 6.18 Å². The highest BCUT2D eigenvalue weighted by atomic mass is 19.4. The summed E-state index contributed by atoms with van der Waals surface area (Å²) in [5, 5.41) is 2.67. The summed E-state index contributed by atoms with van der Waals surface area (Å²) in [5.74, 6) is -3.68. The van der Waals surface area contributed by atoms with Crippen LogP contribution in [0.5, 0.6) is 0 Å². The normalized spacial score (nSPS) is 11.9. The third kappa shape index (κ3) is 7.15. The number of hydrogen-bond acceptors (Lipinski definition) is 0. The van der Waals surface area contributed by atoms with Gasteiger partial charge in [-0.3, -0.25) is 0 Å².